The molecular weight excluding hydrogens is 304 g/mol. The molecule has 0 bridgehead atoms. The molecular formula is C20H34O4. The average Bonchev–Trinajstić information content (AvgIpc) is 2.40. The van der Waals surface area contributed by atoms with Crippen LogP contribution in [0.15, 0.2) is 24.3 Å². The van der Waals surface area contributed by atoms with Crippen molar-refractivity contribution in [3.05, 3.63) is 24.3 Å². The van der Waals surface area contributed by atoms with E-state index in [1.807, 2.05) is 26.0 Å². The van der Waals surface area contributed by atoms with E-state index in [1.54, 1.807) is 12.1 Å². The van der Waals surface area contributed by atoms with Crippen LogP contribution in [-0.2, 0) is 9.78 Å². The highest BCUT2D eigenvalue weighted by Gasteiger charge is 2.19. The molecule has 2 atom stereocenters. The van der Waals surface area contributed by atoms with Crippen LogP contribution in [0.3, 0.4) is 0 Å². The van der Waals surface area contributed by atoms with Gasteiger partial charge in [0.05, 0.1) is 0 Å². The molecule has 1 aromatic carbocycles. The highest BCUT2D eigenvalue weighted by molar-refractivity contribution is 5.38. The van der Waals surface area contributed by atoms with E-state index >= 15 is 0 Å². The van der Waals surface area contributed by atoms with Gasteiger partial charge in [-0.2, -0.15) is 9.78 Å². The molecule has 2 unspecified atom stereocenters. The second-order valence-electron chi connectivity index (χ2n) is 8.96. The summed E-state index contributed by atoms with van der Waals surface area (Å²) in [4.78, 5) is 21.9. The van der Waals surface area contributed by atoms with Crippen molar-refractivity contribution in [3.8, 4) is 11.5 Å². The molecule has 0 fully saturated rings. The van der Waals surface area contributed by atoms with E-state index < -0.39 is 0 Å². The molecule has 0 aromatic heterocycles. The minimum Gasteiger partial charge on any atom is -0.333 e. The molecule has 0 heterocycles. The lowest BCUT2D eigenvalue weighted by molar-refractivity contribution is -0.264. The van der Waals surface area contributed by atoms with Gasteiger partial charge >= 0.3 is 0 Å². The Morgan fingerprint density at radius 1 is 0.708 bits per heavy atom. The molecule has 0 aliphatic rings. The summed E-state index contributed by atoms with van der Waals surface area (Å²) in [6.07, 6.45) is 1.77. The molecule has 0 N–H and O–H groups in total. The highest BCUT2D eigenvalue weighted by Crippen LogP contribution is 2.30. The standard InChI is InChI=1S/C20H34O4/c1-15(13-19(3,4)5)21-23-17-11-9-10-12-18(17)24-22-16(2)14-20(6,7)8/h9-12,15-16H,13-14H2,1-8H3. The van der Waals surface area contributed by atoms with Gasteiger partial charge in [0.25, 0.3) is 0 Å². The molecule has 4 heteroatoms. The predicted octanol–water partition coefficient (Wildman–Crippen LogP) is 5.96. The third-order valence-corrected chi connectivity index (χ3v) is 3.25. The van der Waals surface area contributed by atoms with Crippen LogP contribution >= 0.6 is 0 Å². The largest absolute Gasteiger partial charge is 0.333 e. The molecule has 0 amide bonds. The first-order valence-corrected chi connectivity index (χ1v) is 8.72. The summed E-state index contributed by atoms with van der Waals surface area (Å²) in [6.45, 7) is 17.0. The van der Waals surface area contributed by atoms with E-state index in [4.69, 9.17) is 19.6 Å². The van der Waals surface area contributed by atoms with Crippen LogP contribution in [0.1, 0.15) is 68.2 Å². The van der Waals surface area contributed by atoms with Gasteiger partial charge in [-0.05, 0) is 49.7 Å². The summed E-state index contributed by atoms with van der Waals surface area (Å²) in [5.74, 6) is 1.03. The zero-order chi connectivity index (χ0) is 18.4. The molecule has 0 aliphatic carbocycles. The van der Waals surface area contributed by atoms with E-state index in [9.17, 15) is 0 Å². The SMILES string of the molecule is CC(CC(C)(C)C)OOc1ccccc1OOC(C)CC(C)(C)C. The Balaban J connectivity index is 2.55. The van der Waals surface area contributed by atoms with E-state index in [2.05, 4.69) is 41.5 Å². The van der Waals surface area contributed by atoms with Crippen molar-refractivity contribution in [1.29, 1.82) is 0 Å². The minimum absolute atomic E-state index is 0.0150. The van der Waals surface area contributed by atoms with E-state index in [0.717, 1.165) is 12.8 Å². The van der Waals surface area contributed by atoms with Crippen LogP contribution in [0.4, 0.5) is 0 Å². The second-order valence-corrected chi connectivity index (χ2v) is 8.96. The average molecular weight is 338 g/mol. The van der Waals surface area contributed by atoms with Gasteiger partial charge in [-0.25, -0.2) is 0 Å². The van der Waals surface area contributed by atoms with Crippen LogP contribution in [-0.4, -0.2) is 12.2 Å². The number of rotatable bonds is 8. The third kappa shape index (κ3) is 9.14. The number of benzene rings is 1. The number of hydrogen-bond donors (Lipinski definition) is 0. The van der Waals surface area contributed by atoms with Crippen molar-refractivity contribution in [2.45, 2.75) is 80.4 Å². The van der Waals surface area contributed by atoms with Crippen molar-refractivity contribution >= 4 is 0 Å². The lowest BCUT2D eigenvalue weighted by Crippen LogP contribution is -2.20. The Kier molecular flexibility index (Phi) is 7.56. The second kappa shape index (κ2) is 8.72. The van der Waals surface area contributed by atoms with Crippen molar-refractivity contribution in [2.75, 3.05) is 0 Å². The molecule has 0 radical (unpaired) electrons. The summed E-state index contributed by atoms with van der Waals surface area (Å²) in [6, 6.07) is 7.35. The van der Waals surface area contributed by atoms with Crippen LogP contribution in [0.2, 0.25) is 0 Å². The molecule has 0 saturated carbocycles. The van der Waals surface area contributed by atoms with Crippen molar-refractivity contribution in [2.24, 2.45) is 10.8 Å². The van der Waals surface area contributed by atoms with Gasteiger partial charge in [-0.3, -0.25) is 0 Å². The van der Waals surface area contributed by atoms with E-state index in [1.165, 1.54) is 0 Å². The maximum absolute atomic E-state index is 5.50. The van der Waals surface area contributed by atoms with Crippen LogP contribution in [0.25, 0.3) is 0 Å². The van der Waals surface area contributed by atoms with Crippen LogP contribution in [0.5, 0.6) is 11.5 Å². The predicted molar refractivity (Wildman–Crippen MR) is 96.9 cm³/mol. The van der Waals surface area contributed by atoms with Gasteiger partial charge in [0.2, 0.25) is 11.5 Å². The summed E-state index contributed by atoms with van der Waals surface area (Å²) in [7, 11) is 0. The fraction of sp³-hybridized carbons (Fsp3) is 0.700. The maximum atomic E-state index is 5.50. The Morgan fingerprint density at radius 2 is 1.04 bits per heavy atom. The topological polar surface area (TPSA) is 36.9 Å². The fourth-order valence-corrected chi connectivity index (χ4v) is 2.65. The van der Waals surface area contributed by atoms with Gasteiger partial charge < -0.3 is 9.78 Å². The Labute approximate surface area is 147 Å². The summed E-state index contributed by atoms with van der Waals surface area (Å²) in [5.41, 5.74) is 0.370. The fourth-order valence-electron chi connectivity index (χ4n) is 2.65. The Bertz CT molecular complexity index is 440. The molecule has 0 aliphatic heterocycles. The van der Waals surface area contributed by atoms with Gasteiger partial charge in [0, 0.05) is 0 Å². The number of hydrogen-bond acceptors (Lipinski definition) is 4. The van der Waals surface area contributed by atoms with Crippen LogP contribution < -0.4 is 9.78 Å². The smallest absolute Gasteiger partial charge is 0.211 e. The van der Waals surface area contributed by atoms with Gasteiger partial charge in [0.1, 0.15) is 12.2 Å². The van der Waals surface area contributed by atoms with Gasteiger partial charge in [0.15, 0.2) is 0 Å². The quantitative estimate of drug-likeness (QED) is 0.433. The monoisotopic (exact) mass is 338 g/mol. The zero-order valence-corrected chi connectivity index (χ0v) is 16.5. The molecule has 138 valence electrons. The summed E-state index contributed by atoms with van der Waals surface area (Å²) < 4.78 is 0. The zero-order valence-electron chi connectivity index (χ0n) is 16.5. The Morgan fingerprint density at radius 3 is 1.33 bits per heavy atom. The first-order valence-electron chi connectivity index (χ1n) is 8.72. The van der Waals surface area contributed by atoms with Crippen molar-refractivity contribution in [1.82, 2.24) is 0 Å². The minimum atomic E-state index is -0.0150. The first-order chi connectivity index (χ1) is 11.0. The van der Waals surface area contributed by atoms with Crippen LogP contribution in [0, 0.1) is 10.8 Å². The summed E-state index contributed by atoms with van der Waals surface area (Å²) in [5, 5.41) is 0. The Hall–Kier alpha value is -1.26. The number of para-hydroxylation sites is 2. The summed E-state index contributed by atoms with van der Waals surface area (Å²) >= 11 is 0. The van der Waals surface area contributed by atoms with Crippen molar-refractivity contribution < 1.29 is 19.6 Å². The molecule has 4 nitrogen and oxygen atoms in total. The molecule has 1 rings (SSSR count). The molecule has 24 heavy (non-hydrogen) atoms. The third-order valence-electron chi connectivity index (χ3n) is 3.25. The lowest BCUT2D eigenvalue weighted by atomic mass is 9.90. The first kappa shape index (κ1) is 20.8. The van der Waals surface area contributed by atoms with Gasteiger partial charge in [-0.1, -0.05) is 53.7 Å². The lowest BCUT2D eigenvalue weighted by Gasteiger charge is -2.23. The van der Waals surface area contributed by atoms with E-state index in [0.29, 0.717) is 11.5 Å². The van der Waals surface area contributed by atoms with Crippen molar-refractivity contribution in [3.63, 3.8) is 0 Å². The maximum Gasteiger partial charge on any atom is 0.211 e. The normalized spacial score (nSPS) is 15.0. The highest BCUT2D eigenvalue weighted by atomic mass is 17.2. The molecule has 1 aromatic rings. The van der Waals surface area contributed by atoms with Gasteiger partial charge in [-0.15, -0.1) is 0 Å². The molecule has 0 saturated heterocycles. The van der Waals surface area contributed by atoms with E-state index in [-0.39, 0.29) is 23.0 Å². The molecule has 0 spiro atoms.